The molecule has 9 heteroatoms. The quantitative estimate of drug-likeness (QED) is 0.420. The number of ether oxygens (including phenoxy) is 2. The van der Waals surface area contributed by atoms with Crippen LogP contribution in [0.25, 0.3) is 10.9 Å². The van der Waals surface area contributed by atoms with Crippen LogP contribution in [0.1, 0.15) is 0 Å². The first-order chi connectivity index (χ1) is 16.0. The standard InChI is InChI=1S/C24H23ClN6O2/c1-31(2)13-19-14-32-22-11-17(4-6-21(22)33-19)29-24-26-8-7-23(30-24)28-18-10-15-9-16(25)3-5-20(15)27-12-18/h3-12,19H,13-14H2,1-2H3,(H2,26,28,29,30)/t19-/m0/s1. The summed E-state index contributed by atoms with van der Waals surface area (Å²) < 4.78 is 11.9. The molecule has 2 aromatic heterocycles. The number of hydrogen-bond donors (Lipinski definition) is 2. The first kappa shape index (κ1) is 21.2. The van der Waals surface area contributed by atoms with Crippen LogP contribution in [0.15, 0.2) is 60.9 Å². The van der Waals surface area contributed by atoms with E-state index in [9.17, 15) is 0 Å². The van der Waals surface area contributed by atoms with Gasteiger partial charge in [-0.05, 0) is 56.6 Å². The Morgan fingerprint density at radius 2 is 1.91 bits per heavy atom. The third-order valence-electron chi connectivity index (χ3n) is 5.06. The number of likely N-dealkylation sites (N-methyl/N-ethyl adjacent to an activating group) is 1. The molecule has 4 aromatic rings. The van der Waals surface area contributed by atoms with Gasteiger partial charge in [-0.1, -0.05) is 11.6 Å². The number of halogens is 1. The lowest BCUT2D eigenvalue weighted by Crippen LogP contribution is -2.37. The molecule has 0 saturated heterocycles. The molecular formula is C24H23ClN6O2. The van der Waals surface area contributed by atoms with Crippen LogP contribution >= 0.6 is 11.6 Å². The molecular weight excluding hydrogens is 440 g/mol. The lowest BCUT2D eigenvalue weighted by molar-refractivity contribution is 0.0711. The van der Waals surface area contributed by atoms with Crippen molar-refractivity contribution in [1.29, 1.82) is 0 Å². The number of hydrogen-bond acceptors (Lipinski definition) is 8. The van der Waals surface area contributed by atoms with Crippen molar-refractivity contribution in [3.63, 3.8) is 0 Å². The Morgan fingerprint density at radius 1 is 1.00 bits per heavy atom. The van der Waals surface area contributed by atoms with Gasteiger partial charge in [0.05, 0.1) is 17.4 Å². The van der Waals surface area contributed by atoms with Crippen LogP contribution in [0, 0.1) is 0 Å². The minimum Gasteiger partial charge on any atom is -0.486 e. The number of aromatic nitrogens is 3. The fourth-order valence-corrected chi connectivity index (χ4v) is 3.81. The molecule has 0 amide bonds. The zero-order chi connectivity index (χ0) is 22.8. The van der Waals surface area contributed by atoms with Gasteiger partial charge in [0.1, 0.15) is 18.5 Å². The molecule has 0 radical (unpaired) electrons. The summed E-state index contributed by atoms with van der Waals surface area (Å²) in [5, 5.41) is 8.11. The van der Waals surface area contributed by atoms with Gasteiger partial charge in [-0.3, -0.25) is 4.98 Å². The van der Waals surface area contributed by atoms with E-state index in [1.807, 2.05) is 56.6 Å². The summed E-state index contributed by atoms with van der Waals surface area (Å²) in [6.45, 7) is 1.31. The Bertz CT molecular complexity index is 1300. The largest absolute Gasteiger partial charge is 0.486 e. The van der Waals surface area contributed by atoms with Crippen LogP contribution in [0.3, 0.4) is 0 Å². The van der Waals surface area contributed by atoms with Gasteiger partial charge in [0.15, 0.2) is 11.5 Å². The summed E-state index contributed by atoms with van der Waals surface area (Å²) in [5.74, 6) is 2.53. The van der Waals surface area contributed by atoms with Gasteiger partial charge >= 0.3 is 0 Å². The highest BCUT2D eigenvalue weighted by atomic mass is 35.5. The first-order valence-corrected chi connectivity index (χ1v) is 10.9. The van der Waals surface area contributed by atoms with E-state index in [0.717, 1.165) is 34.6 Å². The van der Waals surface area contributed by atoms with Gasteiger partial charge < -0.3 is 25.0 Å². The fourth-order valence-electron chi connectivity index (χ4n) is 3.63. The Hall–Kier alpha value is -3.62. The Kier molecular flexibility index (Phi) is 5.85. The van der Waals surface area contributed by atoms with Gasteiger partial charge in [-0.2, -0.15) is 4.98 Å². The molecule has 5 rings (SSSR count). The maximum atomic E-state index is 6.10. The monoisotopic (exact) mass is 462 g/mol. The molecule has 1 aliphatic rings. The number of fused-ring (bicyclic) bond motifs is 2. The average molecular weight is 463 g/mol. The molecule has 2 N–H and O–H groups in total. The Morgan fingerprint density at radius 3 is 2.79 bits per heavy atom. The second-order valence-electron chi connectivity index (χ2n) is 8.05. The zero-order valence-corrected chi connectivity index (χ0v) is 19.0. The highest BCUT2D eigenvalue weighted by Crippen LogP contribution is 2.35. The topological polar surface area (TPSA) is 84.4 Å². The third-order valence-corrected chi connectivity index (χ3v) is 5.29. The number of anilines is 4. The number of nitrogens with zero attached hydrogens (tertiary/aromatic N) is 4. The molecule has 0 spiro atoms. The van der Waals surface area contributed by atoms with Gasteiger partial charge in [0.25, 0.3) is 0 Å². The van der Waals surface area contributed by atoms with Crippen LogP contribution in [-0.2, 0) is 0 Å². The predicted molar refractivity (Wildman–Crippen MR) is 130 cm³/mol. The fraction of sp³-hybridized carbons (Fsp3) is 0.208. The van der Waals surface area contributed by atoms with Crippen molar-refractivity contribution >= 4 is 45.6 Å². The SMILES string of the molecule is CN(C)C[C@H]1COc2cc(Nc3nccc(Nc4cnc5ccc(Cl)cc5c4)n3)ccc2O1. The number of rotatable bonds is 6. The molecule has 168 valence electrons. The first-order valence-electron chi connectivity index (χ1n) is 10.5. The van der Waals surface area contributed by atoms with Crippen molar-refractivity contribution in [3.8, 4) is 11.5 Å². The second kappa shape index (κ2) is 9.09. The van der Waals surface area contributed by atoms with Gasteiger partial charge in [-0.25, -0.2) is 4.98 Å². The van der Waals surface area contributed by atoms with Crippen LogP contribution in [0.5, 0.6) is 11.5 Å². The van der Waals surface area contributed by atoms with Crippen molar-refractivity contribution < 1.29 is 9.47 Å². The van der Waals surface area contributed by atoms with E-state index >= 15 is 0 Å². The van der Waals surface area contributed by atoms with Crippen molar-refractivity contribution in [2.45, 2.75) is 6.10 Å². The smallest absolute Gasteiger partial charge is 0.229 e. The summed E-state index contributed by atoms with van der Waals surface area (Å²) in [6.07, 6.45) is 3.46. The Balaban J connectivity index is 1.29. The van der Waals surface area contributed by atoms with Gasteiger partial charge in [0.2, 0.25) is 5.95 Å². The van der Waals surface area contributed by atoms with Crippen LogP contribution < -0.4 is 20.1 Å². The van der Waals surface area contributed by atoms with Crippen LogP contribution in [0.2, 0.25) is 5.02 Å². The summed E-state index contributed by atoms with van der Waals surface area (Å²) >= 11 is 6.10. The van der Waals surface area contributed by atoms with E-state index in [1.165, 1.54) is 0 Å². The Labute approximate surface area is 196 Å². The second-order valence-corrected chi connectivity index (χ2v) is 8.49. The normalized spacial score (nSPS) is 15.0. The third kappa shape index (κ3) is 5.08. The van der Waals surface area contributed by atoms with E-state index in [4.69, 9.17) is 21.1 Å². The summed E-state index contributed by atoms with van der Waals surface area (Å²) in [5.41, 5.74) is 2.49. The lowest BCUT2D eigenvalue weighted by Gasteiger charge is -2.28. The maximum absolute atomic E-state index is 6.10. The minimum absolute atomic E-state index is 0.0121. The van der Waals surface area contributed by atoms with Crippen molar-refractivity contribution in [3.05, 3.63) is 65.9 Å². The minimum atomic E-state index is 0.0121. The molecule has 0 aliphatic carbocycles. The number of nitrogens with one attached hydrogen (secondary N) is 2. The van der Waals surface area contributed by atoms with E-state index < -0.39 is 0 Å². The molecule has 8 nitrogen and oxygen atoms in total. The van der Waals surface area contributed by atoms with Crippen molar-refractivity contribution in [2.75, 3.05) is 37.9 Å². The van der Waals surface area contributed by atoms with Gasteiger partial charge in [-0.15, -0.1) is 0 Å². The van der Waals surface area contributed by atoms with Crippen LogP contribution in [0.4, 0.5) is 23.1 Å². The molecule has 0 fully saturated rings. The molecule has 0 saturated carbocycles. The van der Waals surface area contributed by atoms with E-state index in [2.05, 4.69) is 30.5 Å². The average Bonchev–Trinajstić information content (AvgIpc) is 2.79. The highest BCUT2D eigenvalue weighted by molar-refractivity contribution is 6.31. The predicted octanol–water partition coefficient (Wildman–Crippen LogP) is 4.87. The molecule has 2 aromatic carbocycles. The van der Waals surface area contributed by atoms with Gasteiger partial charge in [0, 0.05) is 34.9 Å². The summed E-state index contributed by atoms with van der Waals surface area (Å²) in [6, 6.07) is 15.1. The molecule has 0 unspecified atom stereocenters. The number of pyridine rings is 1. The summed E-state index contributed by atoms with van der Waals surface area (Å²) in [4.78, 5) is 15.4. The van der Waals surface area contributed by atoms with Crippen molar-refractivity contribution in [1.82, 2.24) is 19.9 Å². The molecule has 3 heterocycles. The van der Waals surface area contributed by atoms with E-state index in [0.29, 0.717) is 29.1 Å². The molecule has 1 aliphatic heterocycles. The number of benzene rings is 2. The highest BCUT2D eigenvalue weighted by Gasteiger charge is 2.22. The maximum Gasteiger partial charge on any atom is 0.229 e. The van der Waals surface area contributed by atoms with E-state index in [-0.39, 0.29) is 6.10 Å². The molecule has 0 bridgehead atoms. The lowest BCUT2D eigenvalue weighted by atomic mass is 10.2. The van der Waals surface area contributed by atoms with E-state index in [1.54, 1.807) is 18.5 Å². The van der Waals surface area contributed by atoms with Crippen molar-refractivity contribution in [2.24, 2.45) is 0 Å². The zero-order valence-electron chi connectivity index (χ0n) is 18.2. The molecule has 33 heavy (non-hydrogen) atoms. The molecule has 1 atom stereocenters. The van der Waals surface area contributed by atoms with Crippen LogP contribution in [-0.4, -0.2) is 53.2 Å². The summed E-state index contributed by atoms with van der Waals surface area (Å²) in [7, 11) is 4.03.